The van der Waals surface area contributed by atoms with Crippen LogP contribution in [0.3, 0.4) is 0 Å². The highest BCUT2D eigenvalue weighted by atomic mass is 15.0. The zero-order valence-electron chi connectivity index (χ0n) is 18.8. The number of aromatic amines is 1. The summed E-state index contributed by atoms with van der Waals surface area (Å²) < 4.78 is 2.44. The Kier molecular flexibility index (Phi) is 4.53. The highest BCUT2D eigenvalue weighted by molar-refractivity contribution is 5.95. The van der Waals surface area contributed by atoms with Crippen molar-refractivity contribution in [1.82, 2.24) is 9.55 Å². The maximum absolute atomic E-state index is 6.32. The van der Waals surface area contributed by atoms with Gasteiger partial charge < -0.3 is 15.3 Å². The molecule has 3 heteroatoms. The van der Waals surface area contributed by atoms with Gasteiger partial charge in [0.15, 0.2) is 0 Å². The smallest absolute Gasteiger partial charge is 0.0574 e. The monoisotopic (exact) mass is 387 g/mol. The fourth-order valence-corrected chi connectivity index (χ4v) is 5.22. The molecule has 0 amide bonds. The summed E-state index contributed by atoms with van der Waals surface area (Å²) in [5.74, 6) is 0.353. The number of nitrogen functional groups attached to an aromatic ring is 1. The second-order valence-electron chi connectivity index (χ2n) is 9.73. The van der Waals surface area contributed by atoms with Gasteiger partial charge in [0.2, 0.25) is 0 Å². The average molecular weight is 388 g/mol. The van der Waals surface area contributed by atoms with E-state index in [-0.39, 0.29) is 5.41 Å². The number of hydrogen-bond acceptors (Lipinski definition) is 1. The van der Waals surface area contributed by atoms with Crippen molar-refractivity contribution in [2.24, 2.45) is 0 Å². The molecule has 0 aliphatic heterocycles. The van der Waals surface area contributed by atoms with Crippen LogP contribution in [-0.2, 0) is 12.0 Å². The first-order chi connectivity index (χ1) is 13.6. The molecular formula is C26H33N3. The summed E-state index contributed by atoms with van der Waals surface area (Å²) in [6.07, 6.45) is 4.24. The summed E-state index contributed by atoms with van der Waals surface area (Å²) in [6.45, 7) is 16.9. The lowest BCUT2D eigenvalue weighted by atomic mass is 9.81. The van der Waals surface area contributed by atoms with Gasteiger partial charge in [0, 0.05) is 46.7 Å². The number of H-pyrrole nitrogens is 1. The van der Waals surface area contributed by atoms with Gasteiger partial charge in [0.1, 0.15) is 0 Å². The Morgan fingerprint density at radius 3 is 2.34 bits per heavy atom. The van der Waals surface area contributed by atoms with Crippen molar-refractivity contribution in [2.45, 2.75) is 66.3 Å². The van der Waals surface area contributed by atoms with Crippen molar-refractivity contribution in [1.29, 1.82) is 0 Å². The number of nitrogens with zero attached hydrogens (tertiary/aromatic N) is 1. The predicted molar refractivity (Wildman–Crippen MR) is 126 cm³/mol. The summed E-state index contributed by atoms with van der Waals surface area (Å²) in [5.41, 5.74) is 16.6. The van der Waals surface area contributed by atoms with E-state index < -0.39 is 0 Å². The number of hydrogen-bond donors (Lipinski definition) is 2. The van der Waals surface area contributed by atoms with E-state index in [1.807, 2.05) is 6.20 Å². The molecular weight excluding hydrogens is 354 g/mol. The molecule has 0 fully saturated rings. The number of aryl methyl sites for hydroxylation is 3. The van der Waals surface area contributed by atoms with Gasteiger partial charge in [-0.25, -0.2) is 0 Å². The molecule has 4 aromatic rings. The van der Waals surface area contributed by atoms with Crippen LogP contribution in [0, 0.1) is 20.8 Å². The Morgan fingerprint density at radius 2 is 1.66 bits per heavy atom. The molecule has 0 spiro atoms. The van der Waals surface area contributed by atoms with Gasteiger partial charge in [-0.1, -0.05) is 39.8 Å². The zero-order chi connectivity index (χ0) is 21.1. The number of nitrogens with one attached hydrogen (secondary N) is 1. The fraction of sp³-hybridized carbons (Fsp3) is 0.385. The van der Waals surface area contributed by atoms with Gasteiger partial charge in [-0.05, 0) is 66.1 Å². The van der Waals surface area contributed by atoms with Crippen molar-refractivity contribution in [3.63, 3.8) is 0 Å². The highest BCUT2D eigenvalue weighted by Crippen LogP contribution is 2.38. The molecule has 1 unspecified atom stereocenters. The number of aromatic nitrogens is 2. The molecule has 0 aliphatic carbocycles. The normalized spacial score (nSPS) is 13.5. The number of rotatable bonds is 3. The lowest BCUT2D eigenvalue weighted by Crippen LogP contribution is -2.14. The summed E-state index contributed by atoms with van der Waals surface area (Å²) >= 11 is 0. The van der Waals surface area contributed by atoms with Crippen LogP contribution in [0.2, 0.25) is 0 Å². The van der Waals surface area contributed by atoms with E-state index in [1.54, 1.807) is 0 Å². The van der Waals surface area contributed by atoms with E-state index in [0.29, 0.717) is 5.92 Å². The Labute approximate surface area is 173 Å². The van der Waals surface area contributed by atoms with Crippen molar-refractivity contribution >= 4 is 27.5 Å². The largest absolute Gasteiger partial charge is 0.397 e. The molecule has 1 atom stereocenters. The zero-order valence-corrected chi connectivity index (χ0v) is 18.8. The summed E-state index contributed by atoms with van der Waals surface area (Å²) in [5, 5.41) is 2.60. The molecule has 0 radical (unpaired) electrons. The van der Waals surface area contributed by atoms with Gasteiger partial charge in [0.05, 0.1) is 5.69 Å². The van der Waals surface area contributed by atoms with E-state index >= 15 is 0 Å². The van der Waals surface area contributed by atoms with E-state index in [4.69, 9.17) is 5.73 Å². The lowest BCUT2D eigenvalue weighted by molar-refractivity contribution is 0.591. The molecule has 29 heavy (non-hydrogen) atoms. The van der Waals surface area contributed by atoms with E-state index in [1.165, 1.54) is 44.1 Å². The molecule has 2 heterocycles. The van der Waals surface area contributed by atoms with E-state index in [2.05, 4.69) is 88.5 Å². The number of benzene rings is 2. The van der Waals surface area contributed by atoms with Crippen molar-refractivity contribution in [3.05, 3.63) is 64.5 Å². The van der Waals surface area contributed by atoms with E-state index in [9.17, 15) is 0 Å². The van der Waals surface area contributed by atoms with Gasteiger partial charge in [0.25, 0.3) is 0 Å². The Hall–Kier alpha value is -2.68. The van der Waals surface area contributed by atoms with Crippen LogP contribution in [-0.4, -0.2) is 9.55 Å². The average Bonchev–Trinajstić information content (AvgIpc) is 3.14. The fourth-order valence-electron chi connectivity index (χ4n) is 5.22. The Bertz CT molecular complexity index is 1210. The number of nitrogens with two attached hydrogens (primary N) is 1. The first-order valence-corrected chi connectivity index (χ1v) is 10.5. The Balaban J connectivity index is 1.84. The SMILES string of the molecule is Cc1ccc2[nH]cc(N)c2c1C(C)Cn1cc(C)c2c(C(C)(C)C)c(C)ccc21. The third-order valence-electron chi connectivity index (χ3n) is 6.29. The molecule has 0 saturated carbocycles. The summed E-state index contributed by atoms with van der Waals surface area (Å²) in [4.78, 5) is 3.31. The van der Waals surface area contributed by atoms with Crippen LogP contribution in [0.5, 0.6) is 0 Å². The minimum absolute atomic E-state index is 0.119. The molecule has 2 aromatic carbocycles. The third kappa shape index (κ3) is 3.13. The van der Waals surface area contributed by atoms with Crippen molar-refractivity contribution < 1.29 is 0 Å². The second-order valence-corrected chi connectivity index (χ2v) is 9.73. The van der Waals surface area contributed by atoms with Crippen LogP contribution < -0.4 is 5.73 Å². The second kappa shape index (κ2) is 6.69. The number of fused-ring (bicyclic) bond motifs is 2. The van der Waals surface area contributed by atoms with Gasteiger partial charge in [-0.3, -0.25) is 0 Å². The lowest BCUT2D eigenvalue weighted by Gasteiger charge is -2.24. The van der Waals surface area contributed by atoms with Gasteiger partial charge in [-0.2, -0.15) is 0 Å². The summed E-state index contributed by atoms with van der Waals surface area (Å²) in [7, 11) is 0. The van der Waals surface area contributed by atoms with Crippen LogP contribution >= 0.6 is 0 Å². The first-order valence-electron chi connectivity index (χ1n) is 10.5. The van der Waals surface area contributed by atoms with E-state index in [0.717, 1.165) is 17.7 Å². The van der Waals surface area contributed by atoms with Gasteiger partial charge in [-0.15, -0.1) is 0 Å². The first kappa shape index (κ1) is 19.6. The van der Waals surface area contributed by atoms with Gasteiger partial charge >= 0.3 is 0 Å². The minimum atomic E-state index is 0.119. The maximum atomic E-state index is 6.32. The van der Waals surface area contributed by atoms with Crippen molar-refractivity contribution in [2.75, 3.05) is 5.73 Å². The highest BCUT2D eigenvalue weighted by Gasteiger charge is 2.23. The van der Waals surface area contributed by atoms with Crippen LogP contribution in [0.15, 0.2) is 36.7 Å². The third-order valence-corrected chi connectivity index (χ3v) is 6.29. The molecule has 3 nitrogen and oxygen atoms in total. The topological polar surface area (TPSA) is 46.7 Å². The number of anilines is 1. The predicted octanol–water partition coefficient (Wildman–Crippen LogP) is 6.73. The van der Waals surface area contributed by atoms with Crippen LogP contribution in [0.4, 0.5) is 5.69 Å². The summed E-state index contributed by atoms with van der Waals surface area (Å²) in [6, 6.07) is 8.90. The quantitative estimate of drug-likeness (QED) is 0.402. The maximum Gasteiger partial charge on any atom is 0.0574 e. The Morgan fingerprint density at radius 1 is 0.966 bits per heavy atom. The molecule has 3 N–H and O–H groups in total. The molecule has 0 bridgehead atoms. The molecule has 0 aliphatic rings. The van der Waals surface area contributed by atoms with Crippen molar-refractivity contribution in [3.8, 4) is 0 Å². The molecule has 4 rings (SSSR count). The molecule has 152 valence electrons. The van der Waals surface area contributed by atoms with Crippen LogP contribution in [0.1, 0.15) is 61.4 Å². The molecule has 2 aromatic heterocycles. The standard InChI is InChI=1S/C26H33N3/c1-15-8-10-20-24(19(27)12-28-20)22(15)17(3)13-29-14-18(4)23-21(29)11-9-16(2)25(23)26(5,6)7/h8-12,14,17,28H,13,27H2,1-7H3. The van der Waals surface area contributed by atoms with Crippen LogP contribution in [0.25, 0.3) is 21.8 Å². The molecule has 0 saturated heterocycles. The minimum Gasteiger partial charge on any atom is -0.397 e.